The predicted octanol–water partition coefficient (Wildman–Crippen LogP) is -2.60. The summed E-state index contributed by atoms with van der Waals surface area (Å²) in [5.41, 5.74) is -0.0609. The number of aliphatic hydroxyl groups is 3. The predicted molar refractivity (Wildman–Crippen MR) is 38.3 cm³/mol. The van der Waals surface area contributed by atoms with Gasteiger partial charge in [-0.05, 0) is 6.92 Å². The lowest BCUT2D eigenvalue weighted by molar-refractivity contribution is -0.274. The zero-order valence-corrected chi connectivity index (χ0v) is 6.84. The van der Waals surface area contributed by atoms with Gasteiger partial charge in [-0.2, -0.15) is 5.48 Å². The number of carboxylic acid groups (broad SMARTS) is 1. The molecular formula is C6H11NO6. The van der Waals surface area contributed by atoms with Crippen LogP contribution < -0.4 is 5.48 Å². The number of carbonyl (C=O) groups is 1. The Bertz CT molecular complexity index is 221. The van der Waals surface area contributed by atoms with Crippen molar-refractivity contribution in [2.24, 2.45) is 0 Å². The summed E-state index contributed by atoms with van der Waals surface area (Å²) in [7, 11) is 0. The maximum atomic E-state index is 10.6. The second kappa shape index (κ2) is 3.20. The Morgan fingerprint density at radius 3 is 2.46 bits per heavy atom. The first kappa shape index (κ1) is 10.4. The van der Waals surface area contributed by atoms with Crippen molar-refractivity contribution in [3.63, 3.8) is 0 Å². The highest BCUT2D eigenvalue weighted by molar-refractivity contribution is 5.78. The van der Waals surface area contributed by atoms with Crippen LogP contribution in [0.25, 0.3) is 0 Å². The van der Waals surface area contributed by atoms with Crippen molar-refractivity contribution >= 4 is 5.97 Å². The number of carboxylic acids is 1. The molecule has 1 aliphatic heterocycles. The summed E-state index contributed by atoms with van der Waals surface area (Å²) in [6, 6.07) is 0. The van der Waals surface area contributed by atoms with Crippen LogP contribution in [0, 0.1) is 0 Å². The van der Waals surface area contributed by atoms with E-state index in [2.05, 4.69) is 4.84 Å². The van der Waals surface area contributed by atoms with Gasteiger partial charge in [-0.1, -0.05) is 0 Å². The molecule has 5 N–H and O–H groups in total. The molecule has 1 heterocycles. The van der Waals surface area contributed by atoms with Crippen molar-refractivity contribution in [3.05, 3.63) is 0 Å². The highest BCUT2D eigenvalue weighted by Gasteiger charge is 2.52. The van der Waals surface area contributed by atoms with Crippen LogP contribution >= 0.6 is 0 Å². The largest absolute Gasteiger partial charge is 0.479 e. The first-order valence-corrected chi connectivity index (χ1v) is 3.60. The van der Waals surface area contributed by atoms with Gasteiger partial charge in [-0.15, -0.1) is 0 Å². The molecule has 1 rings (SSSR count). The molecule has 0 bridgehead atoms. The average Bonchev–Trinajstić information content (AvgIpc) is 2.08. The molecule has 0 aromatic carbocycles. The van der Waals surface area contributed by atoms with Crippen LogP contribution in [0.4, 0.5) is 0 Å². The molecule has 0 spiro atoms. The topological polar surface area (TPSA) is 119 Å². The zero-order chi connectivity index (χ0) is 10.2. The fourth-order valence-electron chi connectivity index (χ4n) is 0.982. The molecular weight excluding hydrogens is 182 g/mol. The Kier molecular flexibility index (Phi) is 2.55. The second-order valence-corrected chi connectivity index (χ2v) is 3.01. The average molecular weight is 193 g/mol. The van der Waals surface area contributed by atoms with Gasteiger partial charge < -0.3 is 20.4 Å². The van der Waals surface area contributed by atoms with Crippen molar-refractivity contribution in [1.29, 1.82) is 0 Å². The van der Waals surface area contributed by atoms with Crippen LogP contribution in [0.3, 0.4) is 0 Å². The van der Waals surface area contributed by atoms with Gasteiger partial charge in [0.25, 0.3) is 0 Å². The molecule has 1 aliphatic rings. The molecule has 1 fully saturated rings. The first-order valence-electron chi connectivity index (χ1n) is 3.60. The van der Waals surface area contributed by atoms with E-state index in [0.717, 1.165) is 6.92 Å². The third kappa shape index (κ3) is 1.52. The summed E-state index contributed by atoms with van der Waals surface area (Å²) in [5.74, 6) is -1.43. The summed E-state index contributed by atoms with van der Waals surface area (Å²) in [6.07, 6.45) is -4.79. The number of hydroxylamine groups is 1. The lowest BCUT2D eigenvalue weighted by Gasteiger charge is -2.39. The lowest BCUT2D eigenvalue weighted by Crippen LogP contribution is -2.66. The van der Waals surface area contributed by atoms with E-state index >= 15 is 0 Å². The first-order chi connectivity index (χ1) is 5.89. The highest BCUT2D eigenvalue weighted by Crippen LogP contribution is 2.23. The molecule has 0 radical (unpaired) electrons. The van der Waals surface area contributed by atoms with E-state index in [1.807, 2.05) is 5.48 Å². The number of rotatable bonds is 1. The van der Waals surface area contributed by atoms with Crippen LogP contribution in [-0.2, 0) is 9.63 Å². The number of hydrogen-bond acceptors (Lipinski definition) is 6. The summed E-state index contributed by atoms with van der Waals surface area (Å²) >= 11 is 0. The Balaban J connectivity index is 2.85. The zero-order valence-electron chi connectivity index (χ0n) is 6.84. The molecule has 0 amide bonds. The molecule has 0 unspecified atom stereocenters. The number of nitrogens with one attached hydrogen (secondary N) is 1. The van der Waals surface area contributed by atoms with Crippen LogP contribution in [0.1, 0.15) is 6.92 Å². The molecule has 76 valence electrons. The molecule has 0 aliphatic carbocycles. The van der Waals surface area contributed by atoms with Gasteiger partial charge in [0.05, 0.1) is 0 Å². The highest BCUT2D eigenvalue weighted by atomic mass is 16.7. The molecule has 0 aromatic heterocycles. The van der Waals surface area contributed by atoms with Crippen LogP contribution in [0.2, 0.25) is 0 Å². The molecule has 13 heavy (non-hydrogen) atoms. The van der Waals surface area contributed by atoms with Crippen LogP contribution in [0.5, 0.6) is 0 Å². The fourth-order valence-corrected chi connectivity index (χ4v) is 0.982. The van der Waals surface area contributed by atoms with Crippen molar-refractivity contribution in [3.8, 4) is 0 Å². The van der Waals surface area contributed by atoms with Crippen molar-refractivity contribution < 1.29 is 30.1 Å². The maximum Gasteiger partial charge on any atom is 0.340 e. The van der Waals surface area contributed by atoms with Crippen LogP contribution in [0.15, 0.2) is 0 Å². The van der Waals surface area contributed by atoms with Gasteiger partial charge in [0, 0.05) is 0 Å². The molecule has 0 saturated carbocycles. The monoisotopic (exact) mass is 193 g/mol. The molecule has 7 heteroatoms. The third-order valence-electron chi connectivity index (χ3n) is 2.03. The number of aliphatic carboxylic acids is 1. The van der Waals surface area contributed by atoms with E-state index in [0.29, 0.717) is 0 Å². The third-order valence-corrected chi connectivity index (χ3v) is 2.03. The Hall–Kier alpha value is -0.730. The van der Waals surface area contributed by atoms with Crippen molar-refractivity contribution in [1.82, 2.24) is 5.48 Å². The minimum Gasteiger partial charge on any atom is -0.479 e. The fraction of sp³-hybridized carbons (Fsp3) is 0.833. The number of aliphatic hydroxyl groups excluding tert-OH is 3. The van der Waals surface area contributed by atoms with Gasteiger partial charge in [0.15, 0.2) is 6.23 Å². The Morgan fingerprint density at radius 1 is 1.46 bits per heavy atom. The van der Waals surface area contributed by atoms with E-state index in [1.165, 1.54) is 0 Å². The SMILES string of the molecule is C[C@]1(C(=O)O)ON[C@@H](O)[C@@H](O)[C@H]1O. The van der Waals surface area contributed by atoms with E-state index < -0.39 is 30.0 Å². The second-order valence-electron chi connectivity index (χ2n) is 3.01. The molecule has 0 aromatic rings. The Labute approximate surface area is 73.5 Å². The lowest BCUT2D eigenvalue weighted by atomic mass is 9.93. The van der Waals surface area contributed by atoms with Crippen LogP contribution in [-0.4, -0.2) is 50.4 Å². The van der Waals surface area contributed by atoms with E-state index in [-0.39, 0.29) is 0 Å². The van der Waals surface area contributed by atoms with Gasteiger partial charge in [-0.3, -0.25) is 4.84 Å². The maximum absolute atomic E-state index is 10.6. The molecule has 1 saturated heterocycles. The minimum absolute atomic E-state index is 1.09. The Morgan fingerprint density at radius 2 is 2.00 bits per heavy atom. The summed E-state index contributed by atoms with van der Waals surface area (Å²) < 4.78 is 0. The minimum atomic E-state index is -1.96. The quantitative estimate of drug-likeness (QED) is 0.310. The number of hydrogen-bond donors (Lipinski definition) is 5. The smallest absolute Gasteiger partial charge is 0.340 e. The molecule has 4 atom stereocenters. The van der Waals surface area contributed by atoms with E-state index in [9.17, 15) is 9.90 Å². The van der Waals surface area contributed by atoms with Gasteiger partial charge in [0.2, 0.25) is 5.60 Å². The van der Waals surface area contributed by atoms with E-state index in [1.54, 1.807) is 0 Å². The van der Waals surface area contributed by atoms with Crippen molar-refractivity contribution in [2.45, 2.75) is 31.0 Å². The van der Waals surface area contributed by atoms with Gasteiger partial charge >= 0.3 is 5.97 Å². The van der Waals surface area contributed by atoms with E-state index in [4.69, 9.17) is 15.3 Å². The van der Waals surface area contributed by atoms with Crippen molar-refractivity contribution in [2.75, 3.05) is 0 Å². The summed E-state index contributed by atoms with van der Waals surface area (Å²) in [4.78, 5) is 15.1. The normalized spacial score (nSPS) is 46.0. The standard InChI is InChI=1S/C6H11NO6/c1-6(5(11)12)3(9)2(8)4(10)7-13-6/h2-4,7-10H,1H3,(H,11,12)/t2-,3+,4-,6-/m0/s1. The summed E-state index contributed by atoms with van der Waals surface area (Å²) in [5, 5.41) is 36.0. The van der Waals surface area contributed by atoms with Gasteiger partial charge in [0.1, 0.15) is 12.2 Å². The molecule has 7 nitrogen and oxygen atoms in total. The summed E-state index contributed by atoms with van der Waals surface area (Å²) in [6.45, 7) is 1.09. The van der Waals surface area contributed by atoms with Gasteiger partial charge in [-0.25, -0.2) is 4.79 Å².